The summed E-state index contributed by atoms with van der Waals surface area (Å²) in [7, 11) is 0. The first-order valence-electron chi connectivity index (χ1n) is 4.88. The number of nitrogen functional groups attached to an aromatic ring is 1. The highest BCUT2D eigenvalue weighted by Gasteiger charge is 2.09. The average Bonchev–Trinajstić information content (AvgIpc) is 2.87. The van der Waals surface area contributed by atoms with Crippen LogP contribution in [-0.4, -0.2) is 31.9 Å². The topological polar surface area (TPSA) is 125 Å². The molecule has 18 heavy (non-hydrogen) atoms. The van der Waals surface area contributed by atoms with Crippen LogP contribution in [0.2, 0.25) is 0 Å². The fourth-order valence-corrected chi connectivity index (χ4v) is 1.65. The zero-order chi connectivity index (χ0) is 13.1. The minimum atomic E-state index is -0.544. The Hall–Kier alpha value is -2.13. The van der Waals surface area contributed by atoms with Gasteiger partial charge in [-0.05, 0) is 6.26 Å². The standard InChI is InChI=1S/C9H11N7OS/c1-18-9-13-6(15-11)2-7(14-9)16-4-5(3-12-16)8(10)17/h2-4H,11H2,1H3,(H2,10,17)(H,13,14,15). The van der Waals surface area contributed by atoms with Gasteiger partial charge in [-0.25, -0.2) is 20.5 Å². The van der Waals surface area contributed by atoms with E-state index in [0.29, 0.717) is 22.4 Å². The van der Waals surface area contributed by atoms with Gasteiger partial charge in [-0.2, -0.15) is 5.10 Å². The molecule has 0 fully saturated rings. The van der Waals surface area contributed by atoms with Crippen LogP contribution < -0.4 is 17.0 Å². The van der Waals surface area contributed by atoms with Crippen LogP contribution >= 0.6 is 11.8 Å². The number of thioether (sulfide) groups is 1. The Balaban J connectivity index is 2.45. The summed E-state index contributed by atoms with van der Waals surface area (Å²) < 4.78 is 1.43. The van der Waals surface area contributed by atoms with Gasteiger partial charge in [0.25, 0.3) is 5.91 Å². The van der Waals surface area contributed by atoms with E-state index in [1.54, 1.807) is 6.07 Å². The van der Waals surface area contributed by atoms with Gasteiger partial charge in [0.1, 0.15) is 5.82 Å². The Morgan fingerprint density at radius 3 is 2.83 bits per heavy atom. The van der Waals surface area contributed by atoms with Crippen LogP contribution in [0.15, 0.2) is 23.6 Å². The number of amides is 1. The summed E-state index contributed by atoms with van der Waals surface area (Å²) >= 11 is 1.37. The van der Waals surface area contributed by atoms with Gasteiger partial charge in [0.15, 0.2) is 11.0 Å². The van der Waals surface area contributed by atoms with Crippen LogP contribution in [-0.2, 0) is 0 Å². The van der Waals surface area contributed by atoms with Crippen molar-refractivity contribution in [1.82, 2.24) is 19.7 Å². The highest BCUT2D eigenvalue weighted by atomic mass is 32.2. The van der Waals surface area contributed by atoms with Crippen LogP contribution in [0, 0.1) is 0 Å². The van der Waals surface area contributed by atoms with E-state index < -0.39 is 5.91 Å². The van der Waals surface area contributed by atoms with E-state index in [2.05, 4.69) is 20.5 Å². The number of carbonyl (C=O) groups is 1. The number of carbonyl (C=O) groups excluding carboxylic acids is 1. The summed E-state index contributed by atoms with van der Waals surface area (Å²) in [6.07, 6.45) is 4.71. The van der Waals surface area contributed by atoms with Gasteiger partial charge in [0, 0.05) is 12.3 Å². The van der Waals surface area contributed by atoms with Gasteiger partial charge in [-0.3, -0.25) is 4.79 Å². The largest absolute Gasteiger partial charge is 0.366 e. The number of nitrogens with two attached hydrogens (primary N) is 2. The summed E-state index contributed by atoms with van der Waals surface area (Å²) in [5, 5.41) is 4.54. The highest BCUT2D eigenvalue weighted by molar-refractivity contribution is 7.98. The van der Waals surface area contributed by atoms with Crippen LogP contribution in [0.25, 0.3) is 5.82 Å². The number of aromatic nitrogens is 4. The first-order chi connectivity index (χ1) is 8.63. The Morgan fingerprint density at radius 1 is 1.50 bits per heavy atom. The predicted molar refractivity (Wildman–Crippen MR) is 67.3 cm³/mol. The fourth-order valence-electron chi connectivity index (χ4n) is 1.27. The van der Waals surface area contributed by atoms with Crippen LogP contribution in [0.3, 0.4) is 0 Å². The highest BCUT2D eigenvalue weighted by Crippen LogP contribution is 2.16. The number of nitrogens with one attached hydrogen (secondary N) is 1. The van der Waals surface area contributed by atoms with Crippen LogP contribution in [0.4, 0.5) is 5.82 Å². The third-order valence-corrected chi connectivity index (χ3v) is 2.67. The molecule has 0 saturated carbocycles. The number of hydrogen-bond acceptors (Lipinski definition) is 7. The van der Waals surface area contributed by atoms with Crippen molar-refractivity contribution in [2.24, 2.45) is 11.6 Å². The number of primary amides is 1. The average molecular weight is 265 g/mol. The molecule has 2 aromatic rings. The zero-order valence-electron chi connectivity index (χ0n) is 9.49. The maximum absolute atomic E-state index is 11.0. The monoisotopic (exact) mass is 265 g/mol. The lowest BCUT2D eigenvalue weighted by atomic mass is 10.3. The first-order valence-corrected chi connectivity index (χ1v) is 6.11. The lowest BCUT2D eigenvalue weighted by Gasteiger charge is -2.05. The maximum atomic E-state index is 11.0. The molecule has 0 radical (unpaired) electrons. The van der Waals surface area contributed by atoms with Crippen molar-refractivity contribution in [2.75, 3.05) is 11.7 Å². The van der Waals surface area contributed by atoms with Crippen molar-refractivity contribution in [2.45, 2.75) is 5.16 Å². The summed E-state index contributed by atoms with van der Waals surface area (Å²) in [6, 6.07) is 1.61. The molecule has 94 valence electrons. The van der Waals surface area contributed by atoms with Crippen molar-refractivity contribution in [1.29, 1.82) is 0 Å². The molecule has 0 aliphatic heterocycles. The summed E-state index contributed by atoms with van der Waals surface area (Å²) in [5.41, 5.74) is 7.91. The molecule has 2 aromatic heterocycles. The second-order valence-electron chi connectivity index (χ2n) is 3.28. The van der Waals surface area contributed by atoms with Gasteiger partial charge in [-0.1, -0.05) is 11.8 Å². The molecule has 0 bridgehead atoms. The lowest BCUT2D eigenvalue weighted by molar-refractivity contribution is 0.100. The van der Waals surface area contributed by atoms with Crippen molar-refractivity contribution >= 4 is 23.5 Å². The summed E-state index contributed by atoms with van der Waals surface area (Å²) in [6.45, 7) is 0. The SMILES string of the molecule is CSc1nc(NN)cc(-n2cc(C(N)=O)cn2)n1. The number of nitrogens with zero attached hydrogens (tertiary/aromatic N) is 4. The van der Waals surface area contributed by atoms with Gasteiger partial charge < -0.3 is 11.2 Å². The molecule has 0 aliphatic carbocycles. The molecule has 9 heteroatoms. The number of anilines is 1. The molecule has 0 unspecified atom stereocenters. The van der Waals surface area contributed by atoms with E-state index >= 15 is 0 Å². The normalized spacial score (nSPS) is 10.3. The first kappa shape index (κ1) is 12.3. The second-order valence-corrected chi connectivity index (χ2v) is 4.05. The molecular formula is C9H11N7OS. The van der Waals surface area contributed by atoms with E-state index in [1.165, 1.54) is 28.8 Å². The van der Waals surface area contributed by atoms with Crippen LogP contribution in [0.5, 0.6) is 0 Å². The quantitative estimate of drug-likeness (QED) is 0.302. The lowest BCUT2D eigenvalue weighted by Crippen LogP contribution is -2.11. The molecule has 2 rings (SSSR count). The Bertz CT molecular complexity index is 560. The number of hydrogen-bond donors (Lipinski definition) is 3. The van der Waals surface area contributed by atoms with Gasteiger partial charge in [-0.15, -0.1) is 0 Å². The molecule has 0 aliphatic rings. The van der Waals surface area contributed by atoms with Gasteiger partial charge in [0.05, 0.1) is 11.8 Å². The minimum absolute atomic E-state index is 0.307. The zero-order valence-corrected chi connectivity index (χ0v) is 10.3. The molecule has 8 nitrogen and oxygen atoms in total. The maximum Gasteiger partial charge on any atom is 0.251 e. The van der Waals surface area contributed by atoms with Crippen LogP contribution in [0.1, 0.15) is 10.4 Å². The smallest absolute Gasteiger partial charge is 0.251 e. The van der Waals surface area contributed by atoms with E-state index in [4.69, 9.17) is 11.6 Å². The third-order valence-electron chi connectivity index (χ3n) is 2.12. The summed E-state index contributed by atoms with van der Waals surface area (Å²) in [5.74, 6) is 5.73. The number of hydrazine groups is 1. The van der Waals surface area contributed by atoms with Crippen molar-refractivity contribution < 1.29 is 4.79 Å². The van der Waals surface area contributed by atoms with Gasteiger partial charge in [0.2, 0.25) is 0 Å². The molecule has 0 atom stereocenters. The van der Waals surface area contributed by atoms with Gasteiger partial charge >= 0.3 is 0 Å². The predicted octanol–water partition coefficient (Wildman–Crippen LogP) is -0.231. The fraction of sp³-hybridized carbons (Fsp3) is 0.111. The van der Waals surface area contributed by atoms with Crippen molar-refractivity contribution in [3.8, 4) is 5.82 Å². The Labute approximate surface area is 107 Å². The molecule has 0 saturated heterocycles. The van der Waals surface area contributed by atoms with E-state index in [1.807, 2.05) is 6.26 Å². The Morgan fingerprint density at radius 2 is 2.28 bits per heavy atom. The molecule has 2 heterocycles. The van der Waals surface area contributed by atoms with Crippen molar-refractivity contribution in [3.05, 3.63) is 24.0 Å². The van der Waals surface area contributed by atoms with E-state index in [0.717, 1.165) is 0 Å². The molecule has 5 N–H and O–H groups in total. The van der Waals surface area contributed by atoms with E-state index in [9.17, 15) is 4.79 Å². The molecule has 1 amide bonds. The van der Waals surface area contributed by atoms with Crippen molar-refractivity contribution in [3.63, 3.8) is 0 Å². The second kappa shape index (κ2) is 5.02. The Kier molecular flexibility index (Phi) is 3.44. The van der Waals surface area contributed by atoms with E-state index in [-0.39, 0.29) is 0 Å². The summed E-state index contributed by atoms with van der Waals surface area (Å²) in [4.78, 5) is 19.4. The molecule has 0 aromatic carbocycles. The third kappa shape index (κ3) is 2.41. The minimum Gasteiger partial charge on any atom is -0.366 e. The molecule has 0 spiro atoms. The number of rotatable bonds is 4. The molecular weight excluding hydrogens is 254 g/mol.